The number of pyridine rings is 1. The zero-order valence-electron chi connectivity index (χ0n) is 37.9. The van der Waals surface area contributed by atoms with Gasteiger partial charge in [0, 0.05) is 42.9 Å². The van der Waals surface area contributed by atoms with Crippen LogP contribution >= 0.6 is 0 Å². The Morgan fingerprint density at radius 2 is 1.33 bits per heavy atom. The third-order valence-electron chi connectivity index (χ3n) is 10.9. The number of nitrogens with zero attached hydrogens (tertiary/aromatic N) is 4. The van der Waals surface area contributed by atoms with Gasteiger partial charge in [0.15, 0.2) is 5.89 Å². The first-order valence-electron chi connectivity index (χ1n) is 21.5. The molecule has 0 saturated carbocycles. The molecule has 8 aromatic rings. The molecule has 333 valence electrons. The molecule has 0 aliphatic rings. The van der Waals surface area contributed by atoms with Crippen LogP contribution in [0.3, 0.4) is 0 Å². The molecular weight excluding hydrogens is 965 g/mol. The summed E-state index contributed by atoms with van der Waals surface area (Å²) in [6, 6.07) is 44.7. The van der Waals surface area contributed by atoms with Crippen LogP contribution < -0.4 is 5.19 Å². The van der Waals surface area contributed by atoms with E-state index in [1.807, 2.05) is 36.4 Å². The zero-order chi connectivity index (χ0) is 42.9. The second kappa shape index (κ2) is 20.7. The van der Waals surface area contributed by atoms with Crippen LogP contribution in [0, 0.1) is 18.1 Å². The summed E-state index contributed by atoms with van der Waals surface area (Å²) in [6.45, 7) is 27.2. The Kier molecular flexibility index (Phi) is 16.7. The SMILES string of the molecule is C.C.CC(C)Cc1cc(-c2[c-]cccc2)ncc1[Si](C)(C)C.CC(C)c1cc(-c2ccccc2)cc(C(C)C)c1-n1c(-c2[c-]ccc3nc(C(C)(C)C)oc23)nc2ccccc21.[Ir]. The van der Waals surface area contributed by atoms with Crippen LogP contribution in [0.5, 0.6) is 0 Å². The van der Waals surface area contributed by atoms with Crippen LogP contribution in [0.4, 0.5) is 0 Å². The van der Waals surface area contributed by atoms with Crippen LogP contribution in [0.15, 0.2) is 120 Å². The summed E-state index contributed by atoms with van der Waals surface area (Å²) in [5.41, 5.74) is 14.0. The number of oxazole rings is 1. The number of fused-ring (bicyclic) bond motifs is 2. The van der Waals surface area contributed by atoms with Crippen LogP contribution in [0.1, 0.15) is 112 Å². The molecule has 0 spiro atoms. The summed E-state index contributed by atoms with van der Waals surface area (Å²) < 4.78 is 8.77. The average Bonchev–Trinajstić information content (AvgIpc) is 3.83. The van der Waals surface area contributed by atoms with Crippen molar-refractivity contribution >= 4 is 35.4 Å². The monoisotopic (exact) mass is 1030 g/mol. The minimum Gasteiger partial charge on any atom is -0.487 e. The fourth-order valence-electron chi connectivity index (χ4n) is 7.90. The third kappa shape index (κ3) is 11.1. The minimum absolute atomic E-state index is 0. The molecule has 0 atom stereocenters. The summed E-state index contributed by atoms with van der Waals surface area (Å²) in [4.78, 5) is 14.7. The van der Waals surface area contributed by atoms with Crippen molar-refractivity contribution in [2.45, 2.75) is 120 Å². The van der Waals surface area contributed by atoms with E-state index in [-0.39, 0.29) is 40.4 Å². The van der Waals surface area contributed by atoms with E-state index in [1.54, 1.807) is 0 Å². The topological polar surface area (TPSA) is 56.7 Å². The molecule has 0 fully saturated rings. The van der Waals surface area contributed by atoms with Crippen molar-refractivity contribution in [3.8, 4) is 39.5 Å². The van der Waals surface area contributed by atoms with Gasteiger partial charge in [-0.25, -0.2) is 4.98 Å². The van der Waals surface area contributed by atoms with E-state index in [0.29, 0.717) is 23.6 Å². The molecule has 5 nitrogen and oxygen atoms in total. The van der Waals surface area contributed by atoms with Gasteiger partial charge in [0.05, 0.1) is 30.5 Å². The molecule has 3 heterocycles. The molecule has 0 unspecified atom stereocenters. The van der Waals surface area contributed by atoms with Gasteiger partial charge in [0.1, 0.15) is 0 Å². The van der Waals surface area contributed by atoms with E-state index in [9.17, 15) is 0 Å². The maximum Gasteiger partial charge on any atom is 0.188 e. The van der Waals surface area contributed by atoms with E-state index in [4.69, 9.17) is 14.4 Å². The van der Waals surface area contributed by atoms with E-state index in [0.717, 1.165) is 51.2 Å². The van der Waals surface area contributed by atoms with Crippen molar-refractivity contribution < 1.29 is 24.5 Å². The van der Waals surface area contributed by atoms with Crippen LogP contribution in [-0.2, 0) is 31.9 Å². The number of benzene rings is 5. The second-order valence-electron chi connectivity index (χ2n) is 19.1. The first-order valence-corrected chi connectivity index (χ1v) is 25.0. The van der Waals surface area contributed by atoms with E-state index >= 15 is 0 Å². The second-order valence-corrected chi connectivity index (χ2v) is 24.2. The van der Waals surface area contributed by atoms with Gasteiger partial charge in [-0.05, 0) is 81.6 Å². The molecule has 1 radical (unpaired) electrons. The van der Waals surface area contributed by atoms with Crippen molar-refractivity contribution in [3.63, 3.8) is 0 Å². The molecule has 0 amide bonds. The summed E-state index contributed by atoms with van der Waals surface area (Å²) in [6.07, 6.45) is 3.24. The van der Waals surface area contributed by atoms with Gasteiger partial charge in [-0.3, -0.25) is 4.98 Å². The van der Waals surface area contributed by atoms with Gasteiger partial charge in [-0.2, -0.15) is 0 Å². The smallest absolute Gasteiger partial charge is 0.188 e. The molecule has 0 aliphatic carbocycles. The van der Waals surface area contributed by atoms with Gasteiger partial charge in [-0.15, -0.1) is 54.1 Å². The van der Waals surface area contributed by atoms with Gasteiger partial charge >= 0.3 is 0 Å². The number of rotatable bonds is 9. The Labute approximate surface area is 393 Å². The summed E-state index contributed by atoms with van der Waals surface area (Å²) in [7, 11) is -1.34. The van der Waals surface area contributed by atoms with Gasteiger partial charge < -0.3 is 14.0 Å². The molecule has 0 aliphatic heterocycles. The standard InChI is InChI=1S/C36H36N3O.C18H24NSi.2CH4.Ir/c1-22(2)27-20-25(24-14-9-8-10-15-24)21-28(23(3)4)32(27)39-31-19-12-11-17-29(31)37-34(39)26-16-13-18-30-33(26)40-35(38-30)36(5,6)7;1-14(2)11-16-12-17(15-9-7-6-8-10-15)19-13-18(16)20(3,4)5;;;/h8-15,17-23H,1-7H3;6-9,12-14H,11H2,1-5H3;2*1H4;/q2*-1;;;. The Hall–Kier alpha value is -4.94. The summed E-state index contributed by atoms with van der Waals surface area (Å²) >= 11 is 0. The number of para-hydroxylation sites is 2. The molecule has 7 heteroatoms. The number of imidazole rings is 1. The zero-order valence-corrected chi connectivity index (χ0v) is 41.3. The minimum atomic E-state index is -1.34. The quantitative estimate of drug-likeness (QED) is 0.107. The molecule has 5 aromatic carbocycles. The van der Waals surface area contributed by atoms with Gasteiger partial charge in [0.2, 0.25) is 0 Å². The summed E-state index contributed by atoms with van der Waals surface area (Å²) in [5.74, 6) is 2.79. The third-order valence-corrected chi connectivity index (χ3v) is 13.0. The first-order chi connectivity index (χ1) is 28.5. The average molecular weight is 1030 g/mol. The van der Waals surface area contributed by atoms with Crippen LogP contribution in [0.2, 0.25) is 19.6 Å². The summed E-state index contributed by atoms with van der Waals surface area (Å²) in [5, 5.41) is 1.49. The van der Waals surface area contributed by atoms with Crippen molar-refractivity contribution in [3.05, 3.63) is 150 Å². The van der Waals surface area contributed by atoms with E-state index < -0.39 is 8.07 Å². The molecule has 0 N–H and O–H groups in total. The number of aromatic nitrogens is 4. The van der Waals surface area contributed by atoms with E-state index in [2.05, 4.69) is 183 Å². The van der Waals surface area contributed by atoms with Crippen molar-refractivity contribution in [2.75, 3.05) is 0 Å². The van der Waals surface area contributed by atoms with E-state index in [1.165, 1.54) is 38.7 Å². The van der Waals surface area contributed by atoms with Crippen molar-refractivity contribution in [1.29, 1.82) is 0 Å². The first kappa shape index (κ1) is 50.7. The van der Waals surface area contributed by atoms with Crippen molar-refractivity contribution in [2.24, 2.45) is 5.92 Å². The predicted octanol–water partition coefficient (Wildman–Crippen LogP) is 15.4. The normalized spacial score (nSPS) is 11.6. The Morgan fingerprint density at radius 1 is 0.698 bits per heavy atom. The molecular formula is C56H68IrN4OSi-2. The molecule has 0 saturated heterocycles. The molecule has 3 aromatic heterocycles. The fraction of sp³-hybridized carbons (Fsp3) is 0.339. The van der Waals surface area contributed by atoms with Crippen LogP contribution in [-0.4, -0.2) is 27.6 Å². The molecule has 0 bridgehead atoms. The Morgan fingerprint density at radius 3 is 1.92 bits per heavy atom. The number of hydrogen-bond acceptors (Lipinski definition) is 4. The largest absolute Gasteiger partial charge is 0.487 e. The van der Waals surface area contributed by atoms with Gasteiger partial charge in [-0.1, -0.05) is 156 Å². The van der Waals surface area contributed by atoms with Gasteiger partial charge in [0.25, 0.3) is 0 Å². The molecule has 63 heavy (non-hydrogen) atoms. The van der Waals surface area contributed by atoms with Crippen molar-refractivity contribution in [1.82, 2.24) is 19.5 Å². The number of hydrogen-bond donors (Lipinski definition) is 0. The van der Waals surface area contributed by atoms with Crippen LogP contribution in [0.25, 0.3) is 61.6 Å². The predicted molar refractivity (Wildman–Crippen MR) is 269 cm³/mol. The Bertz CT molecular complexity index is 2710. The fourth-order valence-corrected chi connectivity index (χ4v) is 9.49. The maximum absolute atomic E-state index is 6.44. The molecule has 8 rings (SSSR count). The maximum atomic E-state index is 6.44. The Balaban J connectivity index is 0.000000323.